The highest BCUT2D eigenvalue weighted by Crippen LogP contribution is 2.47. The number of aromatic carboxylic acids is 1. The topological polar surface area (TPSA) is 124 Å². The van der Waals surface area contributed by atoms with Crippen LogP contribution in [0.3, 0.4) is 0 Å². The SMILES string of the molecule is Cc1cc2[nH]c(Sc3ccc(C4C5=C(CCCC5=O)Nc5c4c[nH]c5C(=O)O)o3)nc2cc1Cl. The maximum absolute atomic E-state index is 12.9. The molecule has 0 amide bonds. The molecular formula is C24H19ClN4O4S. The quantitative estimate of drug-likeness (QED) is 0.280. The minimum Gasteiger partial charge on any atom is -0.477 e. The Balaban J connectivity index is 1.38. The molecule has 0 bridgehead atoms. The van der Waals surface area contributed by atoms with Crippen molar-refractivity contribution in [1.82, 2.24) is 15.0 Å². The number of hydrogen-bond donors (Lipinski definition) is 4. The first-order valence-corrected chi connectivity index (χ1v) is 12.0. The Hall–Kier alpha value is -3.43. The Morgan fingerprint density at radius 3 is 2.97 bits per heavy atom. The summed E-state index contributed by atoms with van der Waals surface area (Å²) < 4.78 is 6.20. The van der Waals surface area contributed by atoms with Gasteiger partial charge in [-0.2, -0.15) is 0 Å². The van der Waals surface area contributed by atoms with E-state index in [1.807, 2.05) is 31.2 Å². The highest BCUT2D eigenvalue weighted by atomic mass is 35.5. The lowest BCUT2D eigenvalue weighted by atomic mass is 9.78. The number of carbonyl (C=O) groups excluding carboxylic acids is 1. The summed E-state index contributed by atoms with van der Waals surface area (Å²) in [5.41, 5.74) is 5.28. The van der Waals surface area contributed by atoms with Crippen molar-refractivity contribution >= 4 is 51.8 Å². The number of aryl methyl sites for hydroxylation is 1. The molecule has 4 N–H and O–H groups in total. The van der Waals surface area contributed by atoms with Crippen LogP contribution in [-0.2, 0) is 4.79 Å². The van der Waals surface area contributed by atoms with Gasteiger partial charge in [0, 0.05) is 34.5 Å². The number of carboxylic acid groups (broad SMARTS) is 1. The summed E-state index contributed by atoms with van der Waals surface area (Å²) in [7, 11) is 0. The minimum absolute atomic E-state index is 0.0533. The maximum Gasteiger partial charge on any atom is 0.354 e. The van der Waals surface area contributed by atoms with Gasteiger partial charge in [0.15, 0.2) is 16.0 Å². The van der Waals surface area contributed by atoms with Crippen LogP contribution >= 0.6 is 23.4 Å². The number of aromatic amines is 2. The number of aromatic nitrogens is 3. The van der Waals surface area contributed by atoms with E-state index >= 15 is 0 Å². The minimum atomic E-state index is -1.06. The second-order valence-corrected chi connectivity index (χ2v) is 9.85. The summed E-state index contributed by atoms with van der Waals surface area (Å²) in [6.45, 7) is 1.94. The molecule has 1 atom stereocenters. The zero-order chi connectivity index (χ0) is 23.6. The number of rotatable bonds is 4. The summed E-state index contributed by atoms with van der Waals surface area (Å²) >= 11 is 7.56. The highest BCUT2D eigenvalue weighted by Gasteiger charge is 2.39. The molecule has 0 saturated heterocycles. The molecule has 0 saturated carbocycles. The van der Waals surface area contributed by atoms with Crippen LogP contribution in [0.4, 0.5) is 5.69 Å². The van der Waals surface area contributed by atoms with Crippen LogP contribution in [0.25, 0.3) is 11.0 Å². The number of Topliss-reactive ketones (excluding diaryl/α,β-unsaturated/α-hetero) is 1. The third-order valence-electron chi connectivity index (χ3n) is 6.28. The van der Waals surface area contributed by atoms with E-state index < -0.39 is 11.9 Å². The predicted molar refractivity (Wildman–Crippen MR) is 128 cm³/mol. The van der Waals surface area contributed by atoms with E-state index in [1.165, 1.54) is 11.8 Å². The number of anilines is 1. The van der Waals surface area contributed by atoms with Crippen LogP contribution in [0, 0.1) is 6.92 Å². The summed E-state index contributed by atoms with van der Waals surface area (Å²) in [5, 5.41) is 14.7. The molecule has 1 aliphatic carbocycles. The van der Waals surface area contributed by atoms with Crippen molar-refractivity contribution in [3.05, 3.63) is 69.3 Å². The van der Waals surface area contributed by atoms with Crippen LogP contribution < -0.4 is 5.32 Å². The number of allylic oxidation sites excluding steroid dienone is 2. The Kier molecular flexibility index (Phi) is 4.86. The molecule has 1 aliphatic heterocycles. The molecule has 4 aromatic rings. The van der Waals surface area contributed by atoms with Crippen molar-refractivity contribution in [3.8, 4) is 0 Å². The Morgan fingerprint density at radius 1 is 1.29 bits per heavy atom. The Morgan fingerprint density at radius 2 is 2.15 bits per heavy atom. The molecule has 6 rings (SSSR count). The number of H-pyrrole nitrogens is 2. The predicted octanol–water partition coefficient (Wildman–Crippen LogP) is 5.86. The average Bonchev–Trinajstić information content (AvgIpc) is 3.51. The number of benzene rings is 1. The Bertz CT molecular complexity index is 1490. The lowest BCUT2D eigenvalue weighted by Crippen LogP contribution is -2.26. The van der Waals surface area contributed by atoms with Gasteiger partial charge in [0.25, 0.3) is 0 Å². The van der Waals surface area contributed by atoms with Gasteiger partial charge in [-0.05, 0) is 61.4 Å². The number of hydrogen-bond acceptors (Lipinski definition) is 6. The van der Waals surface area contributed by atoms with E-state index in [4.69, 9.17) is 16.0 Å². The van der Waals surface area contributed by atoms with Gasteiger partial charge in [-0.25, -0.2) is 9.78 Å². The first kappa shape index (κ1) is 21.1. The third kappa shape index (κ3) is 3.35. The second-order valence-electron chi connectivity index (χ2n) is 8.45. The molecule has 1 unspecified atom stereocenters. The van der Waals surface area contributed by atoms with Crippen molar-refractivity contribution in [2.75, 3.05) is 5.32 Å². The molecule has 4 heterocycles. The van der Waals surface area contributed by atoms with Crippen molar-refractivity contribution in [1.29, 1.82) is 0 Å². The molecular weight excluding hydrogens is 476 g/mol. The fourth-order valence-electron chi connectivity index (χ4n) is 4.70. The lowest BCUT2D eigenvalue weighted by Gasteiger charge is -2.31. The molecule has 2 aliphatic rings. The number of furan rings is 1. The van der Waals surface area contributed by atoms with Gasteiger partial charge in [-0.1, -0.05) is 11.6 Å². The normalized spacial score (nSPS) is 17.6. The number of fused-ring (bicyclic) bond motifs is 2. The van der Waals surface area contributed by atoms with Crippen molar-refractivity contribution in [3.63, 3.8) is 0 Å². The average molecular weight is 495 g/mol. The maximum atomic E-state index is 12.9. The van der Waals surface area contributed by atoms with Crippen LogP contribution in [0.1, 0.15) is 52.6 Å². The van der Waals surface area contributed by atoms with Crippen LogP contribution in [0.2, 0.25) is 5.02 Å². The van der Waals surface area contributed by atoms with E-state index in [0.717, 1.165) is 28.7 Å². The van der Waals surface area contributed by atoms with Crippen LogP contribution in [-0.4, -0.2) is 31.8 Å². The number of carbonyl (C=O) groups is 2. The van der Waals surface area contributed by atoms with Crippen LogP contribution in [0.15, 0.2) is 56.4 Å². The van der Waals surface area contributed by atoms with Crippen molar-refractivity contribution in [2.45, 2.75) is 42.4 Å². The summed E-state index contributed by atoms with van der Waals surface area (Å²) in [6.07, 6.45) is 3.52. The number of carboxylic acids is 1. The van der Waals surface area contributed by atoms with Gasteiger partial charge in [-0.15, -0.1) is 0 Å². The monoisotopic (exact) mass is 494 g/mol. The standard InChI is InChI=1S/C24H19ClN4O4S/c1-10-7-14-15(8-12(10)25)29-24(28-14)34-18-6-5-17(33-18)19-11-9-26-22(23(31)32)21(11)27-13-3-2-4-16(30)20(13)19/h5-9,19,26-27H,2-4H2,1H3,(H,28,29)(H,31,32). The molecule has 1 aromatic carbocycles. The molecule has 0 fully saturated rings. The summed E-state index contributed by atoms with van der Waals surface area (Å²) in [6, 6.07) is 7.45. The fourth-order valence-corrected chi connectivity index (χ4v) is 5.63. The van der Waals surface area contributed by atoms with E-state index in [1.54, 1.807) is 6.20 Å². The Labute approximate surface area is 202 Å². The van der Waals surface area contributed by atoms with E-state index in [-0.39, 0.29) is 11.5 Å². The number of nitrogens with zero attached hydrogens (tertiary/aromatic N) is 1. The summed E-state index contributed by atoms with van der Waals surface area (Å²) in [4.78, 5) is 35.3. The van der Waals surface area contributed by atoms with E-state index in [9.17, 15) is 14.7 Å². The molecule has 8 nitrogen and oxygen atoms in total. The van der Waals surface area contributed by atoms with Gasteiger partial charge in [0.2, 0.25) is 0 Å². The van der Waals surface area contributed by atoms with Gasteiger partial charge < -0.3 is 24.8 Å². The van der Waals surface area contributed by atoms with E-state index in [0.29, 0.717) is 50.7 Å². The van der Waals surface area contributed by atoms with Crippen molar-refractivity contribution < 1.29 is 19.1 Å². The number of nitrogens with one attached hydrogen (secondary N) is 3. The van der Waals surface area contributed by atoms with Gasteiger partial charge >= 0.3 is 5.97 Å². The molecule has 172 valence electrons. The fraction of sp³-hybridized carbons (Fsp3) is 0.208. The van der Waals surface area contributed by atoms with Gasteiger partial charge in [-0.3, -0.25) is 4.79 Å². The number of halogens is 1. The smallest absolute Gasteiger partial charge is 0.354 e. The molecule has 34 heavy (non-hydrogen) atoms. The van der Waals surface area contributed by atoms with Crippen LogP contribution in [0.5, 0.6) is 0 Å². The van der Waals surface area contributed by atoms with E-state index in [2.05, 4.69) is 20.3 Å². The summed E-state index contributed by atoms with van der Waals surface area (Å²) in [5.74, 6) is -0.902. The number of ketones is 1. The van der Waals surface area contributed by atoms with Gasteiger partial charge in [0.1, 0.15) is 11.5 Å². The van der Waals surface area contributed by atoms with Crippen molar-refractivity contribution in [2.24, 2.45) is 0 Å². The number of imidazole rings is 1. The first-order valence-electron chi connectivity index (χ1n) is 10.8. The molecule has 0 spiro atoms. The third-order valence-corrected chi connectivity index (χ3v) is 7.50. The first-order chi connectivity index (χ1) is 16.4. The molecule has 3 aromatic heterocycles. The molecule has 10 heteroatoms. The zero-order valence-electron chi connectivity index (χ0n) is 18.0. The highest BCUT2D eigenvalue weighted by molar-refractivity contribution is 7.99. The second kappa shape index (κ2) is 7.82. The molecule has 0 radical (unpaired) electrons. The van der Waals surface area contributed by atoms with Gasteiger partial charge in [0.05, 0.1) is 22.6 Å². The zero-order valence-corrected chi connectivity index (χ0v) is 19.6. The lowest BCUT2D eigenvalue weighted by molar-refractivity contribution is -0.116. The largest absolute Gasteiger partial charge is 0.477 e.